The average Bonchev–Trinajstić information content (AvgIpc) is 2.95. The Morgan fingerprint density at radius 2 is 1.43 bits per heavy atom. The topological polar surface area (TPSA) is 118 Å². The van der Waals surface area contributed by atoms with E-state index < -0.39 is 52.9 Å². The Kier molecular flexibility index (Phi) is 13.4. The number of hydroxylamine groups is 2. The van der Waals surface area contributed by atoms with E-state index in [0.29, 0.717) is 0 Å². The Morgan fingerprint density at radius 3 is 1.98 bits per heavy atom. The highest BCUT2D eigenvalue weighted by molar-refractivity contribution is 9.10. The number of benzene rings is 1. The van der Waals surface area contributed by atoms with Gasteiger partial charge in [0.25, 0.3) is 0 Å². The van der Waals surface area contributed by atoms with Crippen LogP contribution in [0.2, 0.25) is 0 Å². The van der Waals surface area contributed by atoms with Crippen molar-refractivity contribution in [2.45, 2.75) is 102 Å². The summed E-state index contributed by atoms with van der Waals surface area (Å²) in [6.07, 6.45) is 6.86. The standard InChI is InChI=1S/C33H46BrNO9/c1-9-20-40-26(36)16-17-27(37)42-22-33(8,23-43-28(38)32(6,7)34)29(39)41-21-25(24-14-11-10-12-15-24)44-35-30(2,3)18-13-19-31(35,4)5/h1,10-12,14-15,25H,13,16-23H2,2-8H3. The summed E-state index contributed by atoms with van der Waals surface area (Å²) >= 11 is 3.25. The van der Waals surface area contributed by atoms with Gasteiger partial charge in [-0.1, -0.05) is 52.2 Å². The van der Waals surface area contributed by atoms with Crippen molar-refractivity contribution < 1.29 is 43.0 Å². The Balaban J connectivity index is 2.21. The molecule has 1 aromatic rings. The lowest BCUT2D eigenvalue weighted by atomic mass is 9.82. The van der Waals surface area contributed by atoms with Crippen molar-refractivity contribution in [1.29, 1.82) is 0 Å². The molecule has 1 saturated heterocycles. The van der Waals surface area contributed by atoms with Crippen molar-refractivity contribution in [3.05, 3.63) is 35.9 Å². The highest BCUT2D eigenvalue weighted by Gasteiger charge is 2.45. The van der Waals surface area contributed by atoms with E-state index in [-0.39, 0.29) is 37.1 Å². The number of halogens is 1. The van der Waals surface area contributed by atoms with Crippen LogP contribution in [0.4, 0.5) is 0 Å². The first-order valence-electron chi connectivity index (χ1n) is 14.7. The Bertz CT molecular complexity index is 1170. The van der Waals surface area contributed by atoms with E-state index >= 15 is 0 Å². The number of ether oxygens (including phenoxy) is 4. The summed E-state index contributed by atoms with van der Waals surface area (Å²) in [6.45, 7) is 12.0. The molecular formula is C33H46BrNO9. The summed E-state index contributed by atoms with van der Waals surface area (Å²) in [7, 11) is 0. The second-order valence-electron chi connectivity index (χ2n) is 13.0. The average molecular weight is 681 g/mol. The molecule has 1 aromatic carbocycles. The van der Waals surface area contributed by atoms with Crippen molar-refractivity contribution in [3.8, 4) is 12.3 Å². The van der Waals surface area contributed by atoms with E-state index in [1.54, 1.807) is 13.8 Å². The fourth-order valence-electron chi connectivity index (χ4n) is 4.84. The van der Waals surface area contributed by atoms with Gasteiger partial charge in [0, 0.05) is 11.1 Å². The van der Waals surface area contributed by atoms with Crippen LogP contribution in [0.5, 0.6) is 0 Å². The van der Waals surface area contributed by atoms with Crippen molar-refractivity contribution in [2.75, 3.05) is 26.4 Å². The van der Waals surface area contributed by atoms with Crippen LogP contribution in [-0.4, -0.2) is 70.8 Å². The summed E-state index contributed by atoms with van der Waals surface area (Å²) in [5, 5.41) is 2.00. The minimum Gasteiger partial charge on any atom is -0.464 e. The lowest BCUT2D eigenvalue weighted by Gasteiger charge is -2.52. The molecule has 10 nitrogen and oxygen atoms in total. The molecule has 0 radical (unpaired) electrons. The number of piperidine rings is 1. The molecule has 1 fully saturated rings. The third-order valence-corrected chi connectivity index (χ3v) is 7.67. The number of hydrogen-bond donors (Lipinski definition) is 0. The number of carbonyl (C=O) groups excluding carboxylic acids is 4. The molecule has 2 unspecified atom stereocenters. The number of rotatable bonds is 15. The molecule has 0 aliphatic carbocycles. The van der Waals surface area contributed by atoms with Crippen LogP contribution in [0.25, 0.3) is 0 Å². The first-order chi connectivity index (χ1) is 20.4. The van der Waals surface area contributed by atoms with Crippen LogP contribution >= 0.6 is 15.9 Å². The molecule has 244 valence electrons. The molecule has 44 heavy (non-hydrogen) atoms. The van der Waals surface area contributed by atoms with Gasteiger partial charge in [-0.3, -0.25) is 24.0 Å². The van der Waals surface area contributed by atoms with Gasteiger partial charge < -0.3 is 18.9 Å². The molecule has 0 N–H and O–H groups in total. The second-order valence-corrected chi connectivity index (χ2v) is 15.0. The van der Waals surface area contributed by atoms with Gasteiger partial charge in [0.05, 0.1) is 12.8 Å². The largest absolute Gasteiger partial charge is 0.464 e. The first-order valence-corrected chi connectivity index (χ1v) is 15.5. The minimum absolute atomic E-state index is 0.145. The second kappa shape index (κ2) is 15.9. The van der Waals surface area contributed by atoms with Crippen LogP contribution in [0.15, 0.2) is 30.3 Å². The maximum Gasteiger partial charge on any atom is 0.322 e. The van der Waals surface area contributed by atoms with Gasteiger partial charge in [0.15, 0.2) is 6.61 Å². The maximum atomic E-state index is 13.6. The van der Waals surface area contributed by atoms with Crippen LogP contribution in [0, 0.1) is 17.8 Å². The maximum absolute atomic E-state index is 13.6. The predicted molar refractivity (Wildman–Crippen MR) is 167 cm³/mol. The molecule has 0 amide bonds. The van der Waals surface area contributed by atoms with Crippen LogP contribution in [0.3, 0.4) is 0 Å². The fraction of sp³-hybridized carbons (Fsp3) is 0.636. The zero-order valence-corrected chi connectivity index (χ0v) is 28.5. The van der Waals surface area contributed by atoms with E-state index in [9.17, 15) is 19.2 Å². The Morgan fingerprint density at radius 1 is 0.886 bits per heavy atom. The molecule has 1 heterocycles. The molecule has 0 saturated carbocycles. The fourth-order valence-corrected chi connectivity index (χ4v) is 4.95. The highest BCUT2D eigenvalue weighted by atomic mass is 79.9. The van der Waals surface area contributed by atoms with Gasteiger partial charge in [-0.05, 0) is 73.3 Å². The summed E-state index contributed by atoms with van der Waals surface area (Å²) in [4.78, 5) is 56.9. The zero-order valence-electron chi connectivity index (χ0n) is 26.9. The molecule has 2 atom stereocenters. The predicted octanol–water partition coefficient (Wildman–Crippen LogP) is 5.47. The highest BCUT2D eigenvalue weighted by Crippen LogP contribution is 2.40. The molecular weight excluding hydrogens is 634 g/mol. The molecule has 0 bridgehead atoms. The number of nitrogens with zero attached hydrogens (tertiary/aromatic N) is 1. The quantitative estimate of drug-likeness (QED) is 0.102. The van der Waals surface area contributed by atoms with Crippen LogP contribution in [-0.2, 0) is 43.0 Å². The summed E-state index contributed by atoms with van der Waals surface area (Å²) in [5.74, 6) is -0.582. The van der Waals surface area contributed by atoms with Gasteiger partial charge in [0.2, 0.25) is 0 Å². The molecule has 2 rings (SSSR count). The molecule has 11 heteroatoms. The number of alkyl halides is 1. The smallest absolute Gasteiger partial charge is 0.322 e. The van der Waals surface area contributed by atoms with E-state index in [2.05, 4.69) is 49.5 Å². The lowest BCUT2D eigenvalue weighted by Crippen LogP contribution is -2.58. The Labute approximate surface area is 269 Å². The lowest BCUT2D eigenvalue weighted by molar-refractivity contribution is -0.312. The normalized spacial score (nSPS) is 18.2. The SMILES string of the molecule is C#CCOC(=O)CCC(=O)OCC(C)(COC(=O)C(C)(C)Br)C(=O)OCC(ON1C(C)(C)CCCC1(C)C)c1ccccc1. The Hall–Kier alpha value is -2.94. The summed E-state index contributed by atoms with van der Waals surface area (Å²) < 4.78 is 20.3. The third kappa shape index (κ3) is 11.2. The summed E-state index contributed by atoms with van der Waals surface area (Å²) in [5.41, 5.74) is -1.26. The summed E-state index contributed by atoms with van der Waals surface area (Å²) in [6, 6.07) is 9.46. The number of carbonyl (C=O) groups is 4. The molecule has 0 aromatic heterocycles. The number of esters is 4. The minimum atomic E-state index is -1.56. The van der Waals surface area contributed by atoms with E-state index in [1.807, 2.05) is 35.4 Å². The van der Waals surface area contributed by atoms with Crippen LogP contribution < -0.4 is 0 Å². The van der Waals surface area contributed by atoms with Gasteiger partial charge in [-0.2, -0.15) is 5.06 Å². The van der Waals surface area contributed by atoms with Gasteiger partial charge in [-0.25, -0.2) is 0 Å². The number of terminal acetylenes is 1. The van der Waals surface area contributed by atoms with Gasteiger partial charge >= 0.3 is 23.9 Å². The van der Waals surface area contributed by atoms with Crippen LogP contribution in [0.1, 0.15) is 92.2 Å². The van der Waals surface area contributed by atoms with E-state index in [1.165, 1.54) is 6.92 Å². The molecule has 0 spiro atoms. The van der Waals surface area contributed by atoms with Gasteiger partial charge in [-0.15, -0.1) is 6.42 Å². The van der Waals surface area contributed by atoms with E-state index in [4.69, 9.17) is 30.2 Å². The zero-order chi connectivity index (χ0) is 33.2. The van der Waals surface area contributed by atoms with Crippen molar-refractivity contribution in [2.24, 2.45) is 5.41 Å². The van der Waals surface area contributed by atoms with E-state index in [0.717, 1.165) is 24.8 Å². The molecule has 1 aliphatic heterocycles. The first kappa shape index (κ1) is 37.2. The number of hydrogen-bond acceptors (Lipinski definition) is 10. The monoisotopic (exact) mass is 679 g/mol. The van der Waals surface area contributed by atoms with Crippen molar-refractivity contribution in [1.82, 2.24) is 5.06 Å². The van der Waals surface area contributed by atoms with Crippen molar-refractivity contribution in [3.63, 3.8) is 0 Å². The molecule has 1 aliphatic rings. The third-order valence-electron chi connectivity index (χ3n) is 7.35. The van der Waals surface area contributed by atoms with Gasteiger partial charge in [0.1, 0.15) is 35.7 Å². The van der Waals surface area contributed by atoms with Crippen molar-refractivity contribution >= 4 is 39.8 Å².